The van der Waals surface area contributed by atoms with E-state index in [9.17, 15) is 0 Å². The third-order valence-electron chi connectivity index (χ3n) is 3.60. The quantitative estimate of drug-likeness (QED) is 0.863. The lowest BCUT2D eigenvalue weighted by Gasteiger charge is -2.17. The van der Waals surface area contributed by atoms with Gasteiger partial charge in [0.1, 0.15) is 11.6 Å². The Bertz CT molecular complexity index is 578. The minimum absolute atomic E-state index is 0.0599. The highest BCUT2D eigenvalue weighted by atomic mass is 16.5. The highest BCUT2D eigenvalue weighted by Crippen LogP contribution is 2.39. The largest absolute Gasteiger partial charge is 0.497 e. The molecule has 4 nitrogen and oxygen atoms in total. The van der Waals surface area contributed by atoms with Gasteiger partial charge in [-0.15, -0.1) is 0 Å². The van der Waals surface area contributed by atoms with E-state index in [0.29, 0.717) is 6.54 Å². The van der Waals surface area contributed by atoms with Gasteiger partial charge >= 0.3 is 0 Å². The van der Waals surface area contributed by atoms with Crippen LogP contribution in [-0.2, 0) is 0 Å². The molecule has 0 amide bonds. The van der Waals surface area contributed by atoms with Gasteiger partial charge in [-0.3, -0.25) is 0 Å². The second kappa shape index (κ2) is 4.14. The lowest BCUT2D eigenvalue weighted by Crippen LogP contribution is -2.31. The van der Waals surface area contributed by atoms with E-state index in [-0.39, 0.29) is 5.54 Å². The number of anilines is 1. The Balaban J connectivity index is 2.05. The van der Waals surface area contributed by atoms with Crippen molar-refractivity contribution in [2.45, 2.75) is 18.4 Å². The van der Waals surface area contributed by atoms with Crippen LogP contribution in [-0.4, -0.2) is 24.2 Å². The lowest BCUT2D eigenvalue weighted by molar-refractivity contribution is 0.415. The molecule has 1 aromatic carbocycles. The Hall–Kier alpha value is -1.81. The molecule has 0 saturated heterocycles. The summed E-state index contributed by atoms with van der Waals surface area (Å²) in [4.78, 5) is 4.43. The molecular weight excluding hydrogens is 226 g/mol. The van der Waals surface area contributed by atoms with Gasteiger partial charge < -0.3 is 15.8 Å². The van der Waals surface area contributed by atoms with Crippen LogP contribution in [0, 0.1) is 0 Å². The third-order valence-corrected chi connectivity index (χ3v) is 3.60. The summed E-state index contributed by atoms with van der Waals surface area (Å²) in [5, 5.41) is 5.72. The molecule has 0 bridgehead atoms. The minimum Gasteiger partial charge on any atom is -0.497 e. The van der Waals surface area contributed by atoms with Crippen LogP contribution in [0.2, 0.25) is 0 Å². The molecule has 18 heavy (non-hydrogen) atoms. The van der Waals surface area contributed by atoms with Crippen molar-refractivity contribution in [3.8, 4) is 5.75 Å². The van der Waals surface area contributed by atoms with E-state index < -0.39 is 0 Å². The fraction of sp³-hybridized carbons (Fsp3) is 0.357. The number of nitrogens with two attached hydrogens (primary N) is 1. The van der Waals surface area contributed by atoms with Gasteiger partial charge in [0.05, 0.1) is 12.6 Å². The molecule has 0 spiro atoms. The predicted octanol–water partition coefficient (Wildman–Crippen LogP) is 2.15. The second-order valence-corrected chi connectivity index (χ2v) is 4.86. The van der Waals surface area contributed by atoms with E-state index in [4.69, 9.17) is 10.5 Å². The van der Waals surface area contributed by atoms with Gasteiger partial charge in [0.2, 0.25) is 0 Å². The maximum absolute atomic E-state index is 5.80. The minimum atomic E-state index is 0.0599. The Morgan fingerprint density at radius 2 is 2.22 bits per heavy atom. The molecule has 0 aliphatic heterocycles. The molecule has 3 N–H and O–H groups in total. The van der Waals surface area contributed by atoms with E-state index >= 15 is 0 Å². The Kier molecular flexibility index (Phi) is 2.59. The number of aromatic nitrogens is 1. The van der Waals surface area contributed by atoms with Crippen LogP contribution < -0.4 is 15.8 Å². The molecule has 2 aromatic rings. The van der Waals surface area contributed by atoms with Gasteiger partial charge in [-0.05, 0) is 36.4 Å². The number of benzene rings is 1. The monoisotopic (exact) mass is 243 g/mol. The van der Waals surface area contributed by atoms with Crippen molar-refractivity contribution in [2.24, 2.45) is 5.73 Å². The summed E-state index contributed by atoms with van der Waals surface area (Å²) in [6, 6.07) is 8.02. The molecule has 1 heterocycles. The maximum atomic E-state index is 5.80. The van der Waals surface area contributed by atoms with Gasteiger partial charge in [0.25, 0.3) is 0 Å². The highest BCUT2D eigenvalue weighted by molar-refractivity contribution is 5.93. The zero-order valence-electron chi connectivity index (χ0n) is 10.4. The molecular formula is C14H17N3O. The van der Waals surface area contributed by atoms with E-state index in [1.54, 1.807) is 7.11 Å². The molecule has 1 saturated carbocycles. The van der Waals surface area contributed by atoms with E-state index in [2.05, 4.69) is 10.3 Å². The number of hydrogen-bond acceptors (Lipinski definition) is 4. The van der Waals surface area contributed by atoms with Crippen molar-refractivity contribution in [1.29, 1.82) is 0 Å². The third kappa shape index (κ3) is 1.88. The lowest BCUT2D eigenvalue weighted by atomic mass is 10.1. The van der Waals surface area contributed by atoms with Gasteiger partial charge in [0.15, 0.2) is 0 Å². The second-order valence-electron chi connectivity index (χ2n) is 4.86. The van der Waals surface area contributed by atoms with Crippen molar-refractivity contribution in [3.63, 3.8) is 0 Å². The first-order chi connectivity index (χ1) is 8.76. The smallest absolute Gasteiger partial charge is 0.134 e. The summed E-state index contributed by atoms with van der Waals surface area (Å²) in [5.41, 5.74) is 5.86. The summed E-state index contributed by atoms with van der Waals surface area (Å²) < 4.78 is 5.27. The number of rotatable bonds is 4. The van der Waals surface area contributed by atoms with Crippen LogP contribution in [0.3, 0.4) is 0 Å². The first-order valence-electron chi connectivity index (χ1n) is 6.17. The summed E-state index contributed by atoms with van der Waals surface area (Å²) in [7, 11) is 1.67. The molecule has 1 aromatic heterocycles. The van der Waals surface area contributed by atoms with Gasteiger partial charge in [-0.1, -0.05) is 6.07 Å². The molecule has 1 aliphatic carbocycles. The Morgan fingerprint density at radius 3 is 2.89 bits per heavy atom. The van der Waals surface area contributed by atoms with Crippen LogP contribution in [0.1, 0.15) is 12.8 Å². The van der Waals surface area contributed by atoms with Crippen LogP contribution >= 0.6 is 0 Å². The SMILES string of the molecule is COc1ccc2ccnc(NC3(CN)CC3)c2c1. The number of fused-ring (bicyclic) bond motifs is 1. The zero-order valence-corrected chi connectivity index (χ0v) is 10.4. The fourth-order valence-electron chi connectivity index (χ4n) is 2.16. The maximum Gasteiger partial charge on any atom is 0.134 e. The Labute approximate surface area is 106 Å². The number of pyridine rings is 1. The number of ether oxygens (including phenoxy) is 1. The van der Waals surface area contributed by atoms with Crippen LogP contribution in [0.5, 0.6) is 5.75 Å². The summed E-state index contributed by atoms with van der Waals surface area (Å²) in [6.45, 7) is 0.648. The number of nitrogens with zero attached hydrogens (tertiary/aromatic N) is 1. The first kappa shape index (κ1) is 11.3. The highest BCUT2D eigenvalue weighted by Gasteiger charge is 2.41. The molecule has 0 unspecified atom stereocenters. The first-order valence-corrected chi connectivity index (χ1v) is 6.17. The molecule has 4 heteroatoms. The van der Waals surface area contributed by atoms with Crippen molar-refractivity contribution < 1.29 is 4.74 Å². The van der Waals surface area contributed by atoms with Crippen LogP contribution in [0.15, 0.2) is 30.5 Å². The summed E-state index contributed by atoms with van der Waals surface area (Å²) in [5.74, 6) is 1.74. The fourth-order valence-corrected chi connectivity index (χ4v) is 2.16. The summed E-state index contributed by atoms with van der Waals surface area (Å²) in [6.07, 6.45) is 4.06. The van der Waals surface area contributed by atoms with Crippen molar-refractivity contribution in [1.82, 2.24) is 4.98 Å². The topological polar surface area (TPSA) is 60.2 Å². The number of nitrogens with one attached hydrogen (secondary N) is 1. The van der Waals surface area contributed by atoms with E-state index in [1.807, 2.05) is 30.5 Å². The number of methoxy groups -OCH3 is 1. The van der Waals surface area contributed by atoms with Gasteiger partial charge in [0, 0.05) is 18.1 Å². The molecule has 0 atom stereocenters. The van der Waals surface area contributed by atoms with Crippen molar-refractivity contribution in [2.75, 3.05) is 19.0 Å². The Morgan fingerprint density at radius 1 is 1.39 bits per heavy atom. The molecule has 1 aliphatic rings. The van der Waals surface area contributed by atoms with Crippen molar-refractivity contribution in [3.05, 3.63) is 30.5 Å². The average Bonchev–Trinajstić information content (AvgIpc) is 3.19. The molecule has 0 radical (unpaired) electrons. The standard InChI is InChI=1S/C14H17N3O/c1-18-11-3-2-10-4-7-16-13(12(10)8-11)17-14(9-15)5-6-14/h2-4,7-8H,5-6,9,15H2,1H3,(H,16,17). The molecule has 3 rings (SSSR count). The van der Waals surface area contributed by atoms with E-state index in [1.165, 1.54) is 0 Å². The normalized spacial score (nSPS) is 16.6. The van der Waals surface area contributed by atoms with Gasteiger partial charge in [-0.2, -0.15) is 0 Å². The molecule has 94 valence electrons. The average molecular weight is 243 g/mol. The number of hydrogen-bond donors (Lipinski definition) is 2. The van der Waals surface area contributed by atoms with Crippen LogP contribution in [0.25, 0.3) is 10.8 Å². The van der Waals surface area contributed by atoms with Crippen molar-refractivity contribution >= 4 is 16.6 Å². The molecule has 1 fully saturated rings. The zero-order chi connectivity index (χ0) is 12.6. The van der Waals surface area contributed by atoms with E-state index in [0.717, 1.165) is 35.2 Å². The summed E-state index contributed by atoms with van der Waals surface area (Å²) >= 11 is 0. The van der Waals surface area contributed by atoms with Gasteiger partial charge in [-0.25, -0.2) is 4.98 Å². The van der Waals surface area contributed by atoms with Crippen LogP contribution in [0.4, 0.5) is 5.82 Å². The predicted molar refractivity (Wildman–Crippen MR) is 72.9 cm³/mol.